The van der Waals surface area contributed by atoms with Crippen LogP contribution in [0.25, 0.3) is 11.4 Å². The van der Waals surface area contributed by atoms with Crippen molar-refractivity contribution in [3.63, 3.8) is 0 Å². The molecule has 0 unspecified atom stereocenters. The first-order valence-electron chi connectivity index (χ1n) is 7.80. The first kappa shape index (κ1) is 18.7. The molecule has 0 N–H and O–H groups in total. The number of Topliss-reactive ketones (excluding diaryl/α,β-unsaturated/α-hetero) is 1. The summed E-state index contributed by atoms with van der Waals surface area (Å²) in [6, 6.07) is 14.2. The summed E-state index contributed by atoms with van der Waals surface area (Å²) in [7, 11) is 0. The molecule has 0 fully saturated rings. The molecule has 0 bridgehead atoms. The van der Waals surface area contributed by atoms with E-state index in [0.29, 0.717) is 33.1 Å². The van der Waals surface area contributed by atoms with Gasteiger partial charge in [-0.15, -0.1) is 16.8 Å². The van der Waals surface area contributed by atoms with Gasteiger partial charge in [0.05, 0.1) is 5.75 Å². The van der Waals surface area contributed by atoms with E-state index in [-0.39, 0.29) is 11.5 Å². The van der Waals surface area contributed by atoms with Crippen LogP contribution in [-0.4, -0.2) is 26.3 Å². The zero-order valence-corrected chi connectivity index (χ0v) is 16.1. The van der Waals surface area contributed by atoms with Gasteiger partial charge in [-0.05, 0) is 48.5 Å². The summed E-state index contributed by atoms with van der Waals surface area (Å²) >= 11 is 13.2. The maximum atomic E-state index is 12.4. The number of hydrogen-bond acceptors (Lipinski definition) is 4. The van der Waals surface area contributed by atoms with Crippen LogP contribution in [-0.2, 0) is 6.54 Å². The second-order valence-electron chi connectivity index (χ2n) is 5.43. The fraction of sp³-hybridized carbons (Fsp3) is 0.105. The Morgan fingerprint density at radius 2 is 1.65 bits per heavy atom. The second kappa shape index (κ2) is 8.54. The number of carbonyl (C=O) groups is 1. The predicted octanol–water partition coefficient (Wildman–Crippen LogP) is 5.41. The molecule has 4 nitrogen and oxygen atoms in total. The summed E-state index contributed by atoms with van der Waals surface area (Å²) < 4.78 is 1.93. The maximum Gasteiger partial charge on any atom is 0.192 e. The average molecular weight is 404 g/mol. The van der Waals surface area contributed by atoms with E-state index in [2.05, 4.69) is 16.8 Å². The van der Waals surface area contributed by atoms with Crippen molar-refractivity contribution in [3.8, 4) is 11.4 Å². The Labute approximate surface area is 165 Å². The molecular weight excluding hydrogens is 389 g/mol. The Hall–Kier alpha value is -2.08. The lowest BCUT2D eigenvalue weighted by Gasteiger charge is -2.07. The number of halogens is 2. The number of benzene rings is 2. The quantitative estimate of drug-likeness (QED) is 0.300. The summed E-state index contributed by atoms with van der Waals surface area (Å²) in [5.74, 6) is 0.980. The van der Waals surface area contributed by atoms with Crippen LogP contribution in [0, 0.1) is 0 Å². The van der Waals surface area contributed by atoms with Gasteiger partial charge in [0.2, 0.25) is 0 Å². The molecule has 132 valence electrons. The Balaban J connectivity index is 1.79. The maximum absolute atomic E-state index is 12.4. The smallest absolute Gasteiger partial charge is 0.192 e. The minimum absolute atomic E-state index is 0.00728. The van der Waals surface area contributed by atoms with Crippen molar-refractivity contribution >= 4 is 40.7 Å². The van der Waals surface area contributed by atoms with Gasteiger partial charge in [0.25, 0.3) is 0 Å². The van der Waals surface area contributed by atoms with Crippen molar-refractivity contribution < 1.29 is 4.79 Å². The first-order valence-corrected chi connectivity index (χ1v) is 9.54. The van der Waals surface area contributed by atoms with Crippen molar-refractivity contribution in [2.75, 3.05) is 5.75 Å². The molecule has 0 atom stereocenters. The molecule has 0 aliphatic carbocycles. The standard InChI is InChI=1S/C19H15Cl2N3OS/c1-2-11-24-18(14-5-9-16(21)10-6-14)22-23-19(24)26-12-17(25)13-3-7-15(20)8-4-13/h2-10H,1,11-12H2. The van der Waals surface area contributed by atoms with Crippen LogP contribution >= 0.6 is 35.0 Å². The first-order chi connectivity index (χ1) is 12.6. The van der Waals surface area contributed by atoms with Crippen LogP contribution in [0.2, 0.25) is 10.0 Å². The van der Waals surface area contributed by atoms with Crippen molar-refractivity contribution in [1.29, 1.82) is 0 Å². The lowest BCUT2D eigenvalue weighted by molar-refractivity contribution is 0.102. The number of nitrogens with zero attached hydrogens (tertiary/aromatic N) is 3. The zero-order valence-electron chi connectivity index (χ0n) is 13.7. The van der Waals surface area contributed by atoms with E-state index < -0.39 is 0 Å². The Bertz CT molecular complexity index is 921. The van der Waals surface area contributed by atoms with Crippen LogP contribution in [0.5, 0.6) is 0 Å². The van der Waals surface area contributed by atoms with Gasteiger partial charge in [-0.25, -0.2) is 0 Å². The molecule has 0 saturated carbocycles. The van der Waals surface area contributed by atoms with Crippen LogP contribution in [0.4, 0.5) is 0 Å². The van der Waals surface area contributed by atoms with Gasteiger partial charge in [-0.1, -0.05) is 41.0 Å². The highest BCUT2D eigenvalue weighted by Gasteiger charge is 2.15. The van der Waals surface area contributed by atoms with E-state index in [1.807, 2.05) is 16.7 Å². The van der Waals surface area contributed by atoms with E-state index in [1.54, 1.807) is 42.5 Å². The number of rotatable bonds is 7. The molecule has 0 amide bonds. The topological polar surface area (TPSA) is 47.8 Å². The molecule has 0 aliphatic rings. The minimum atomic E-state index is 0.00728. The van der Waals surface area contributed by atoms with Crippen LogP contribution in [0.15, 0.2) is 66.3 Å². The summed E-state index contributed by atoms with van der Waals surface area (Å²) in [5, 5.41) is 10.4. The molecule has 3 rings (SSSR count). The van der Waals surface area contributed by atoms with Crippen molar-refractivity contribution in [2.24, 2.45) is 0 Å². The largest absolute Gasteiger partial charge is 0.298 e. The van der Waals surface area contributed by atoms with Gasteiger partial charge in [0.15, 0.2) is 16.8 Å². The molecule has 1 heterocycles. The SMILES string of the molecule is C=CCn1c(SCC(=O)c2ccc(Cl)cc2)nnc1-c1ccc(Cl)cc1. The molecule has 26 heavy (non-hydrogen) atoms. The molecule has 2 aromatic carbocycles. The summed E-state index contributed by atoms with van der Waals surface area (Å²) in [5.41, 5.74) is 1.52. The van der Waals surface area contributed by atoms with Gasteiger partial charge in [0.1, 0.15) is 0 Å². The van der Waals surface area contributed by atoms with Crippen molar-refractivity contribution in [1.82, 2.24) is 14.8 Å². The highest BCUT2D eigenvalue weighted by Crippen LogP contribution is 2.26. The highest BCUT2D eigenvalue weighted by molar-refractivity contribution is 7.99. The van der Waals surface area contributed by atoms with Gasteiger partial charge in [-0.3, -0.25) is 9.36 Å². The van der Waals surface area contributed by atoms with Crippen molar-refractivity contribution in [3.05, 3.63) is 76.8 Å². The van der Waals surface area contributed by atoms with E-state index in [0.717, 1.165) is 5.56 Å². The fourth-order valence-electron chi connectivity index (χ4n) is 2.35. The fourth-order valence-corrected chi connectivity index (χ4v) is 3.45. The third-order valence-electron chi connectivity index (χ3n) is 3.63. The predicted molar refractivity (Wildman–Crippen MR) is 107 cm³/mol. The third kappa shape index (κ3) is 4.36. The lowest BCUT2D eigenvalue weighted by Crippen LogP contribution is -2.05. The van der Waals surface area contributed by atoms with E-state index in [1.165, 1.54) is 11.8 Å². The van der Waals surface area contributed by atoms with E-state index in [4.69, 9.17) is 23.2 Å². The molecule has 7 heteroatoms. The number of thioether (sulfide) groups is 1. The molecule has 0 aliphatic heterocycles. The summed E-state index contributed by atoms with van der Waals surface area (Å²) in [6.45, 7) is 4.33. The highest BCUT2D eigenvalue weighted by atomic mass is 35.5. The van der Waals surface area contributed by atoms with Gasteiger partial charge in [0, 0.05) is 27.7 Å². The average Bonchev–Trinajstić information content (AvgIpc) is 3.04. The summed E-state index contributed by atoms with van der Waals surface area (Å²) in [4.78, 5) is 12.4. The van der Waals surface area contributed by atoms with E-state index in [9.17, 15) is 4.79 Å². The number of ketones is 1. The Kier molecular flexibility index (Phi) is 6.14. The number of aromatic nitrogens is 3. The molecule has 0 spiro atoms. The molecular formula is C19H15Cl2N3OS. The number of hydrogen-bond donors (Lipinski definition) is 0. The molecule has 3 aromatic rings. The molecule has 0 saturated heterocycles. The second-order valence-corrected chi connectivity index (χ2v) is 7.25. The van der Waals surface area contributed by atoms with Crippen LogP contribution in [0.3, 0.4) is 0 Å². The minimum Gasteiger partial charge on any atom is -0.298 e. The molecule has 1 aromatic heterocycles. The van der Waals surface area contributed by atoms with Crippen LogP contribution in [0.1, 0.15) is 10.4 Å². The van der Waals surface area contributed by atoms with Gasteiger partial charge < -0.3 is 0 Å². The van der Waals surface area contributed by atoms with Crippen molar-refractivity contribution in [2.45, 2.75) is 11.7 Å². The number of carbonyl (C=O) groups excluding carboxylic acids is 1. The zero-order chi connectivity index (χ0) is 18.5. The third-order valence-corrected chi connectivity index (χ3v) is 5.10. The number of allylic oxidation sites excluding steroid dienone is 1. The summed E-state index contributed by atoms with van der Waals surface area (Å²) in [6.07, 6.45) is 1.77. The van der Waals surface area contributed by atoms with Gasteiger partial charge in [-0.2, -0.15) is 0 Å². The lowest BCUT2D eigenvalue weighted by atomic mass is 10.1. The monoisotopic (exact) mass is 403 g/mol. The Morgan fingerprint density at radius 1 is 1.04 bits per heavy atom. The normalized spacial score (nSPS) is 10.7. The Morgan fingerprint density at radius 3 is 2.27 bits per heavy atom. The van der Waals surface area contributed by atoms with E-state index >= 15 is 0 Å². The van der Waals surface area contributed by atoms with Gasteiger partial charge >= 0.3 is 0 Å². The molecule has 0 radical (unpaired) electrons. The van der Waals surface area contributed by atoms with Crippen LogP contribution < -0.4 is 0 Å².